The number of aryl methyl sites for hydroxylation is 2. The molecule has 0 amide bonds. The SMILES string of the molecule is Cn1c(=O)c2c(nc(C(O)c3ccccc3)n2CCCCl)n(C)c1=O. The van der Waals surface area contributed by atoms with E-state index in [1.165, 1.54) is 11.6 Å². The van der Waals surface area contributed by atoms with Gasteiger partial charge in [0.05, 0.1) is 0 Å². The van der Waals surface area contributed by atoms with E-state index in [1.54, 1.807) is 23.7 Å². The lowest BCUT2D eigenvalue weighted by atomic mass is 10.1. The molecule has 1 N–H and O–H groups in total. The Kier molecular flexibility index (Phi) is 4.78. The number of hydrogen-bond donors (Lipinski definition) is 1. The van der Waals surface area contributed by atoms with Crippen LogP contribution in [0.5, 0.6) is 0 Å². The number of alkyl halides is 1. The summed E-state index contributed by atoms with van der Waals surface area (Å²) in [6.07, 6.45) is -0.406. The molecule has 132 valence electrons. The summed E-state index contributed by atoms with van der Waals surface area (Å²) in [4.78, 5) is 29.2. The number of aliphatic hydroxyl groups is 1. The van der Waals surface area contributed by atoms with Crippen molar-refractivity contribution in [2.75, 3.05) is 5.88 Å². The Labute approximate surface area is 148 Å². The Morgan fingerprint density at radius 3 is 2.48 bits per heavy atom. The molecule has 8 heteroatoms. The van der Waals surface area contributed by atoms with Crippen LogP contribution < -0.4 is 11.2 Å². The molecule has 0 fully saturated rings. The topological polar surface area (TPSA) is 82.1 Å². The monoisotopic (exact) mass is 362 g/mol. The molecule has 1 atom stereocenters. The van der Waals surface area contributed by atoms with Gasteiger partial charge in [0.1, 0.15) is 11.9 Å². The van der Waals surface area contributed by atoms with Crippen molar-refractivity contribution in [1.82, 2.24) is 18.7 Å². The fraction of sp³-hybridized carbons (Fsp3) is 0.353. The molecule has 0 aliphatic rings. The number of halogens is 1. The lowest BCUT2D eigenvalue weighted by Crippen LogP contribution is -2.37. The predicted octanol–water partition coefficient (Wildman–Crippen LogP) is 1.14. The second kappa shape index (κ2) is 6.85. The summed E-state index contributed by atoms with van der Waals surface area (Å²) in [6, 6.07) is 9.06. The van der Waals surface area contributed by atoms with Gasteiger partial charge in [-0.25, -0.2) is 9.78 Å². The van der Waals surface area contributed by atoms with Gasteiger partial charge in [-0.3, -0.25) is 13.9 Å². The normalized spacial score (nSPS) is 12.6. The molecule has 0 aliphatic carbocycles. The molecule has 0 spiro atoms. The van der Waals surface area contributed by atoms with Crippen LogP contribution in [0.25, 0.3) is 11.2 Å². The Bertz CT molecular complexity index is 1020. The third-order valence-corrected chi connectivity index (χ3v) is 4.52. The maximum Gasteiger partial charge on any atom is 0.332 e. The lowest BCUT2D eigenvalue weighted by Gasteiger charge is -2.13. The second-order valence-electron chi connectivity index (χ2n) is 5.86. The molecule has 2 aromatic heterocycles. The maximum absolute atomic E-state index is 12.6. The summed E-state index contributed by atoms with van der Waals surface area (Å²) in [5.74, 6) is 0.733. The van der Waals surface area contributed by atoms with Crippen LogP contribution in [0, 0.1) is 0 Å². The van der Waals surface area contributed by atoms with E-state index in [1.807, 2.05) is 18.2 Å². The van der Waals surface area contributed by atoms with Crippen molar-refractivity contribution in [2.24, 2.45) is 14.1 Å². The summed E-state index contributed by atoms with van der Waals surface area (Å²) in [6.45, 7) is 0.423. The van der Waals surface area contributed by atoms with Crippen molar-refractivity contribution in [3.63, 3.8) is 0 Å². The van der Waals surface area contributed by atoms with Gasteiger partial charge in [0, 0.05) is 26.5 Å². The van der Waals surface area contributed by atoms with Crippen LogP contribution in [0.1, 0.15) is 23.9 Å². The average molecular weight is 363 g/mol. The first-order chi connectivity index (χ1) is 12.0. The zero-order chi connectivity index (χ0) is 18.1. The number of aromatic nitrogens is 4. The van der Waals surface area contributed by atoms with Gasteiger partial charge in [-0.15, -0.1) is 11.6 Å². The molecular formula is C17H19ClN4O3. The molecule has 3 rings (SSSR count). The molecule has 2 heterocycles. The minimum Gasteiger partial charge on any atom is -0.380 e. The highest BCUT2D eigenvalue weighted by Crippen LogP contribution is 2.24. The first kappa shape index (κ1) is 17.4. The first-order valence-corrected chi connectivity index (χ1v) is 8.46. The summed E-state index contributed by atoms with van der Waals surface area (Å²) in [7, 11) is 2.98. The molecule has 25 heavy (non-hydrogen) atoms. The van der Waals surface area contributed by atoms with E-state index in [4.69, 9.17) is 11.6 Å². The molecule has 0 bridgehead atoms. The van der Waals surface area contributed by atoms with E-state index >= 15 is 0 Å². The van der Waals surface area contributed by atoms with Crippen LogP contribution in [-0.4, -0.2) is 29.7 Å². The molecular weight excluding hydrogens is 344 g/mol. The molecule has 1 unspecified atom stereocenters. The van der Waals surface area contributed by atoms with Crippen molar-refractivity contribution >= 4 is 22.8 Å². The highest BCUT2D eigenvalue weighted by molar-refractivity contribution is 6.17. The van der Waals surface area contributed by atoms with E-state index in [0.29, 0.717) is 35.8 Å². The highest BCUT2D eigenvalue weighted by atomic mass is 35.5. The van der Waals surface area contributed by atoms with Crippen LogP contribution in [0.4, 0.5) is 0 Å². The average Bonchev–Trinajstić information content (AvgIpc) is 3.02. The van der Waals surface area contributed by atoms with Crippen LogP contribution >= 0.6 is 11.6 Å². The number of hydrogen-bond acceptors (Lipinski definition) is 4. The third kappa shape index (κ3) is 2.89. The molecule has 0 saturated heterocycles. The first-order valence-electron chi connectivity index (χ1n) is 7.92. The van der Waals surface area contributed by atoms with Gasteiger partial charge in [0.25, 0.3) is 5.56 Å². The molecule has 7 nitrogen and oxygen atoms in total. The van der Waals surface area contributed by atoms with Crippen LogP contribution in [0.2, 0.25) is 0 Å². The number of fused-ring (bicyclic) bond motifs is 1. The van der Waals surface area contributed by atoms with E-state index in [2.05, 4.69) is 4.98 Å². The van der Waals surface area contributed by atoms with E-state index < -0.39 is 17.4 Å². The van der Waals surface area contributed by atoms with Crippen LogP contribution in [0.3, 0.4) is 0 Å². The molecule has 3 aromatic rings. The standard InChI is InChI=1S/C17H19ClN4O3/c1-20-14-12(16(24)21(2)17(20)25)22(10-6-9-18)15(19-14)13(23)11-7-4-3-5-8-11/h3-5,7-8,13,23H,6,9-10H2,1-2H3. The summed E-state index contributed by atoms with van der Waals surface area (Å²) in [5.41, 5.74) is 0.311. The van der Waals surface area contributed by atoms with Gasteiger partial charge in [0.2, 0.25) is 0 Å². The largest absolute Gasteiger partial charge is 0.380 e. The Morgan fingerprint density at radius 1 is 1.16 bits per heavy atom. The van der Waals surface area contributed by atoms with Gasteiger partial charge in [-0.05, 0) is 12.0 Å². The number of rotatable bonds is 5. The van der Waals surface area contributed by atoms with Gasteiger partial charge in [-0.2, -0.15) is 0 Å². The van der Waals surface area contributed by atoms with Gasteiger partial charge in [0.15, 0.2) is 11.2 Å². The number of aliphatic hydroxyl groups excluding tert-OH is 1. The zero-order valence-electron chi connectivity index (χ0n) is 14.0. The van der Waals surface area contributed by atoms with E-state index in [0.717, 1.165) is 4.57 Å². The summed E-state index contributed by atoms with van der Waals surface area (Å²) in [5, 5.41) is 10.8. The minimum absolute atomic E-state index is 0.257. The Morgan fingerprint density at radius 2 is 1.84 bits per heavy atom. The van der Waals surface area contributed by atoms with Gasteiger partial charge >= 0.3 is 5.69 Å². The Balaban J connectivity index is 2.31. The van der Waals surface area contributed by atoms with Gasteiger partial charge in [-0.1, -0.05) is 30.3 Å². The van der Waals surface area contributed by atoms with E-state index in [-0.39, 0.29) is 5.65 Å². The Hall–Kier alpha value is -2.38. The number of nitrogens with zero attached hydrogens (tertiary/aromatic N) is 4. The van der Waals surface area contributed by atoms with Crippen molar-refractivity contribution in [1.29, 1.82) is 0 Å². The highest BCUT2D eigenvalue weighted by Gasteiger charge is 2.24. The number of imidazole rings is 1. The molecule has 0 saturated carbocycles. The quantitative estimate of drug-likeness (QED) is 0.690. The smallest absolute Gasteiger partial charge is 0.332 e. The van der Waals surface area contributed by atoms with Crippen molar-refractivity contribution in [3.8, 4) is 0 Å². The molecule has 1 aromatic carbocycles. The third-order valence-electron chi connectivity index (χ3n) is 4.25. The van der Waals surface area contributed by atoms with Crippen LogP contribution in [-0.2, 0) is 20.6 Å². The maximum atomic E-state index is 12.6. The van der Waals surface area contributed by atoms with Crippen molar-refractivity contribution in [2.45, 2.75) is 19.1 Å². The molecule has 0 radical (unpaired) electrons. The van der Waals surface area contributed by atoms with Gasteiger partial charge < -0.3 is 9.67 Å². The summed E-state index contributed by atoms with van der Waals surface area (Å²) < 4.78 is 4.02. The summed E-state index contributed by atoms with van der Waals surface area (Å²) >= 11 is 5.81. The molecule has 0 aliphatic heterocycles. The zero-order valence-corrected chi connectivity index (χ0v) is 14.8. The second-order valence-corrected chi connectivity index (χ2v) is 6.23. The van der Waals surface area contributed by atoms with E-state index in [9.17, 15) is 14.7 Å². The number of benzene rings is 1. The fourth-order valence-electron chi connectivity index (χ4n) is 2.90. The van der Waals surface area contributed by atoms with Crippen LogP contribution in [0.15, 0.2) is 39.9 Å². The van der Waals surface area contributed by atoms with Crippen molar-refractivity contribution < 1.29 is 5.11 Å². The van der Waals surface area contributed by atoms with Crippen molar-refractivity contribution in [3.05, 3.63) is 62.6 Å². The minimum atomic E-state index is -1.01. The predicted molar refractivity (Wildman–Crippen MR) is 96.1 cm³/mol. The fourth-order valence-corrected chi connectivity index (χ4v) is 3.02. The lowest BCUT2D eigenvalue weighted by molar-refractivity contribution is 0.205.